The third kappa shape index (κ3) is 1.24. The summed E-state index contributed by atoms with van der Waals surface area (Å²) in [5.41, 5.74) is 3.56. The highest BCUT2D eigenvalue weighted by Crippen LogP contribution is 2.14. The van der Waals surface area contributed by atoms with Crippen molar-refractivity contribution in [2.45, 2.75) is 19.8 Å². The van der Waals surface area contributed by atoms with Crippen LogP contribution in [0.5, 0.6) is 0 Å². The molecule has 1 aromatic heterocycles. The number of aryl methyl sites for hydroxylation is 1. The summed E-state index contributed by atoms with van der Waals surface area (Å²) >= 11 is 0. The number of hydrogen-bond donors (Lipinski definition) is 0. The first kappa shape index (κ1) is 7.47. The molecule has 0 spiro atoms. The lowest BCUT2D eigenvalue weighted by molar-refractivity contribution is 0.951. The van der Waals surface area contributed by atoms with Gasteiger partial charge in [0, 0.05) is 29.7 Å². The molecule has 0 aromatic carbocycles. The minimum Gasteiger partial charge on any atom is -0.289 e. The van der Waals surface area contributed by atoms with E-state index in [1.807, 2.05) is 19.2 Å². The molecule has 2 nitrogen and oxygen atoms in total. The number of pyridine rings is 1. The molecular formula is C10H12N2. The van der Waals surface area contributed by atoms with E-state index in [-0.39, 0.29) is 0 Å². The Hall–Kier alpha value is -1.18. The van der Waals surface area contributed by atoms with Gasteiger partial charge in [-0.25, -0.2) is 0 Å². The number of aromatic nitrogens is 1. The Morgan fingerprint density at radius 3 is 3.00 bits per heavy atom. The van der Waals surface area contributed by atoms with Gasteiger partial charge in [0.15, 0.2) is 0 Å². The summed E-state index contributed by atoms with van der Waals surface area (Å²) in [4.78, 5) is 8.69. The van der Waals surface area contributed by atoms with Gasteiger partial charge in [-0.05, 0) is 31.9 Å². The predicted molar refractivity (Wildman–Crippen MR) is 49.6 cm³/mol. The van der Waals surface area contributed by atoms with Crippen LogP contribution >= 0.6 is 0 Å². The summed E-state index contributed by atoms with van der Waals surface area (Å²) in [6, 6.07) is 4.08. The van der Waals surface area contributed by atoms with Crippen molar-refractivity contribution >= 4 is 5.71 Å². The topological polar surface area (TPSA) is 25.2 Å². The molecule has 0 saturated carbocycles. The van der Waals surface area contributed by atoms with Gasteiger partial charge in [-0.15, -0.1) is 0 Å². The summed E-state index contributed by atoms with van der Waals surface area (Å²) in [6.07, 6.45) is 4.14. The van der Waals surface area contributed by atoms with Crippen molar-refractivity contribution in [3.8, 4) is 0 Å². The molecule has 0 bridgehead atoms. The van der Waals surface area contributed by atoms with Gasteiger partial charge in [0.2, 0.25) is 0 Å². The van der Waals surface area contributed by atoms with Gasteiger partial charge in [-0.3, -0.25) is 9.98 Å². The molecule has 2 heteroatoms. The Bertz CT molecular complexity index is 315. The van der Waals surface area contributed by atoms with E-state index in [0.29, 0.717) is 0 Å². The lowest BCUT2D eigenvalue weighted by Crippen LogP contribution is -2.00. The first-order valence-corrected chi connectivity index (χ1v) is 4.33. The fraction of sp³-hybridized carbons (Fsp3) is 0.400. The Kier molecular flexibility index (Phi) is 1.90. The molecule has 62 valence electrons. The van der Waals surface area contributed by atoms with Crippen molar-refractivity contribution < 1.29 is 0 Å². The van der Waals surface area contributed by atoms with Gasteiger partial charge in [0.1, 0.15) is 0 Å². The van der Waals surface area contributed by atoms with Gasteiger partial charge in [0.25, 0.3) is 0 Å². The highest BCUT2D eigenvalue weighted by atomic mass is 14.8. The molecule has 0 atom stereocenters. The van der Waals surface area contributed by atoms with Gasteiger partial charge in [-0.2, -0.15) is 0 Å². The van der Waals surface area contributed by atoms with Crippen LogP contribution in [-0.2, 0) is 0 Å². The summed E-state index contributed by atoms with van der Waals surface area (Å²) in [6.45, 7) is 3.03. The summed E-state index contributed by atoms with van der Waals surface area (Å²) in [5.74, 6) is 0. The molecule has 1 aliphatic rings. The van der Waals surface area contributed by atoms with Crippen molar-refractivity contribution in [3.05, 3.63) is 29.6 Å². The zero-order valence-corrected chi connectivity index (χ0v) is 7.25. The lowest BCUT2D eigenvalue weighted by atomic mass is 10.1. The van der Waals surface area contributed by atoms with Crippen LogP contribution in [0.4, 0.5) is 0 Å². The monoisotopic (exact) mass is 160 g/mol. The highest BCUT2D eigenvalue weighted by Gasteiger charge is 2.10. The number of hydrogen-bond acceptors (Lipinski definition) is 2. The quantitative estimate of drug-likeness (QED) is 0.616. The van der Waals surface area contributed by atoms with E-state index in [2.05, 4.69) is 16.0 Å². The third-order valence-corrected chi connectivity index (χ3v) is 2.19. The molecule has 0 radical (unpaired) electrons. The molecule has 2 heterocycles. The maximum atomic E-state index is 4.44. The van der Waals surface area contributed by atoms with Crippen molar-refractivity contribution in [1.29, 1.82) is 0 Å². The standard InChI is InChI=1S/C10H12N2/c1-8-9(4-2-6-11-8)10-5-3-7-12-10/h2,4,6H,3,5,7H2,1H3. The van der Waals surface area contributed by atoms with Crippen molar-refractivity contribution in [3.63, 3.8) is 0 Å². The van der Waals surface area contributed by atoms with Crippen LogP contribution in [0.2, 0.25) is 0 Å². The van der Waals surface area contributed by atoms with Crippen LogP contribution in [0.15, 0.2) is 23.3 Å². The van der Waals surface area contributed by atoms with Crippen molar-refractivity contribution in [2.24, 2.45) is 4.99 Å². The van der Waals surface area contributed by atoms with Crippen LogP contribution in [-0.4, -0.2) is 17.2 Å². The number of nitrogens with zero attached hydrogens (tertiary/aromatic N) is 2. The maximum absolute atomic E-state index is 4.44. The SMILES string of the molecule is Cc1ncccc1C1=NCCC1. The first-order valence-electron chi connectivity index (χ1n) is 4.33. The van der Waals surface area contributed by atoms with E-state index in [0.717, 1.165) is 18.7 Å². The van der Waals surface area contributed by atoms with Gasteiger partial charge >= 0.3 is 0 Å². The zero-order valence-electron chi connectivity index (χ0n) is 7.25. The van der Waals surface area contributed by atoms with Gasteiger partial charge in [-0.1, -0.05) is 0 Å². The summed E-state index contributed by atoms with van der Waals surface area (Å²) in [7, 11) is 0. The van der Waals surface area contributed by atoms with Crippen LogP contribution < -0.4 is 0 Å². The molecule has 12 heavy (non-hydrogen) atoms. The molecule has 1 aliphatic heterocycles. The van der Waals surface area contributed by atoms with Gasteiger partial charge < -0.3 is 0 Å². The van der Waals surface area contributed by atoms with E-state index < -0.39 is 0 Å². The van der Waals surface area contributed by atoms with E-state index >= 15 is 0 Å². The van der Waals surface area contributed by atoms with Crippen molar-refractivity contribution in [2.75, 3.05) is 6.54 Å². The van der Waals surface area contributed by atoms with Crippen LogP contribution in [0.25, 0.3) is 0 Å². The summed E-state index contributed by atoms with van der Waals surface area (Å²) < 4.78 is 0. The minimum absolute atomic E-state index is 0.990. The molecule has 0 fully saturated rings. The third-order valence-electron chi connectivity index (χ3n) is 2.19. The number of aliphatic imine (C=N–C) groups is 1. The van der Waals surface area contributed by atoms with Crippen molar-refractivity contribution in [1.82, 2.24) is 4.98 Å². The largest absolute Gasteiger partial charge is 0.289 e. The molecule has 0 unspecified atom stereocenters. The van der Waals surface area contributed by atoms with Crippen LogP contribution in [0.3, 0.4) is 0 Å². The summed E-state index contributed by atoms with van der Waals surface area (Å²) in [5, 5.41) is 0. The smallest absolute Gasteiger partial charge is 0.0463 e. The Balaban J connectivity index is 2.39. The molecule has 1 aromatic rings. The minimum atomic E-state index is 0.990. The second kappa shape index (κ2) is 3.05. The first-order chi connectivity index (χ1) is 5.88. The van der Waals surface area contributed by atoms with E-state index in [1.165, 1.54) is 17.7 Å². The zero-order chi connectivity index (χ0) is 8.39. The van der Waals surface area contributed by atoms with Crippen LogP contribution in [0.1, 0.15) is 24.1 Å². The maximum Gasteiger partial charge on any atom is 0.0463 e. The molecule has 0 aliphatic carbocycles. The molecule has 0 N–H and O–H groups in total. The molecule has 2 rings (SSSR count). The average Bonchev–Trinajstić information content (AvgIpc) is 2.57. The number of rotatable bonds is 1. The Morgan fingerprint density at radius 1 is 1.42 bits per heavy atom. The molecule has 0 saturated heterocycles. The van der Waals surface area contributed by atoms with E-state index in [4.69, 9.17) is 0 Å². The highest BCUT2D eigenvalue weighted by molar-refractivity contribution is 6.02. The lowest BCUT2D eigenvalue weighted by Gasteiger charge is -2.02. The Labute approximate surface area is 72.4 Å². The normalized spacial score (nSPS) is 16.2. The van der Waals surface area contributed by atoms with E-state index in [1.54, 1.807) is 0 Å². The van der Waals surface area contributed by atoms with Crippen LogP contribution in [0, 0.1) is 6.92 Å². The average molecular weight is 160 g/mol. The molecule has 0 amide bonds. The fourth-order valence-corrected chi connectivity index (χ4v) is 1.55. The van der Waals surface area contributed by atoms with E-state index in [9.17, 15) is 0 Å². The predicted octanol–water partition coefficient (Wildman–Crippen LogP) is 1.97. The molecular weight excluding hydrogens is 148 g/mol. The second-order valence-corrected chi connectivity index (χ2v) is 3.07. The Morgan fingerprint density at radius 2 is 2.33 bits per heavy atom. The van der Waals surface area contributed by atoms with Gasteiger partial charge in [0.05, 0.1) is 0 Å². The second-order valence-electron chi connectivity index (χ2n) is 3.07. The fourth-order valence-electron chi connectivity index (χ4n) is 1.55.